The van der Waals surface area contributed by atoms with Gasteiger partial charge in [0.2, 0.25) is 0 Å². The Balaban J connectivity index is 5.20. The first kappa shape index (κ1) is 23.5. The summed E-state index contributed by atoms with van der Waals surface area (Å²) < 4.78 is 154. The van der Waals surface area contributed by atoms with Gasteiger partial charge in [0.05, 0.1) is 0 Å². The van der Waals surface area contributed by atoms with E-state index in [0.29, 0.717) is 0 Å². The third-order valence-electron chi connectivity index (χ3n) is 1.50. The Morgan fingerprint density at radius 3 is 1.48 bits per heavy atom. The number of carbonyl (C=O) groups is 1. The molecule has 6 nitrogen and oxygen atoms in total. The number of carboxylic acid groups (broad SMARTS) is 1. The van der Waals surface area contributed by atoms with E-state index in [-0.39, 0.29) is 0 Å². The van der Waals surface area contributed by atoms with Crippen molar-refractivity contribution in [2.45, 2.75) is 37.5 Å². The highest BCUT2D eigenvalue weighted by atomic mass is 19.4. The van der Waals surface area contributed by atoms with Crippen molar-refractivity contribution < 1.29 is 81.5 Å². The molecule has 150 valence electrons. The lowest BCUT2D eigenvalue weighted by molar-refractivity contribution is -0.599. The molecule has 0 radical (unpaired) electrons. The second kappa shape index (κ2) is 7.00. The normalized spacial score (nSPS) is 16.0. The Morgan fingerprint density at radius 2 is 1.12 bits per heavy atom. The monoisotopic (exact) mass is 410 g/mol. The summed E-state index contributed by atoms with van der Waals surface area (Å²) in [7, 11) is 0. The van der Waals surface area contributed by atoms with Crippen LogP contribution in [0.15, 0.2) is 0 Å². The van der Waals surface area contributed by atoms with Gasteiger partial charge in [-0.25, -0.2) is 18.7 Å². The first-order valence-corrected chi connectivity index (χ1v) is 4.93. The smallest absolute Gasteiger partial charge is 0.477 e. The second-order valence-corrected chi connectivity index (χ2v) is 3.48. The molecule has 1 N–H and O–H groups in total. The zero-order valence-electron chi connectivity index (χ0n) is 10.6. The first-order chi connectivity index (χ1) is 10.7. The van der Waals surface area contributed by atoms with Crippen molar-refractivity contribution in [1.82, 2.24) is 0 Å². The average Bonchev–Trinajstić information content (AvgIpc) is 2.19. The predicted octanol–water partition coefficient (Wildman–Crippen LogP) is 3.24. The van der Waals surface area contributed by atoms with Crippen LogP contribution in [0.1, 0.15) is 0 Å². The van der Waals surface area contributed by atoms with Crippen LogP contribution in [0.2, 0.25) is 0 Å². The van der Waals surface area contributed by atoms with Crippen LogP contribution in [0.25, 0.3) is 0 Å². The fourth-order valence-electron chi connectivity index (χ4n) is 0.772. The molecule has 0 aromatic rings. The van der Waals surface area contributed by atoms with Crippen LogP contribution in [0.3, 0.4) is 0 Å². The highest BCUT2D eigenvalue weighted by Crippen LogP contribution is 2.43. The molecule has 0 saturated carbocycles. The van der Waals surface area contributed by atoms with Crippen molar-refractivity contribution in [3.05, 3.63) is 0 Å². The molecule has 0 aromatic heterocycles. The molecule has 0 rings (SSSR count). The average molecular weight is 410 g/mol. The molecule has 0 aromatic carbocycles. The van der Waals surface area contributed by atoms with E-state index in [0.717, 1.165) is 0 Å². The largest absolute Gasteiger partial charge is 0.529 e. The summed E-state index contributed by atoms with van der Waals surface area (Å²) in [5.74, 6) is -2.93. The third-order valence-corrected chi connectivity index (χ3v) is 1.50. The van der Waals surface area contributed by atoms with Gasteiger partial charge < -0.3 is 5.11 Å². The molecule has 1 unspecified atom stereocenters. The van der Waals surface area contributed by atoms with E-state index in [1.165, 1.54) is 0 Å². The van der Waals surface area contributed by atoms with Crippen molar-refractivity contribution in [2.75, 3.05) is 0 Å². The number of alkyl halides is 12. The van der Waals surface area contributed by atoms with Crippen LogP contribution >= 0.6 is 0 Å². The van der Waals surface area contributed by atoms with Crippen molar-refractivity contribution in [1.29, 1.82) is 0 Å². The van der Waals surface area contributed by atoms with Crippen molar-refractivity contribution in [2.24, 2.45) is 0 Å². The number of carboxylic acids is 1. The molecular weight excluding hydrogens is 408 g/mol. The van der Waals surface area contributed by atoms with Crippen molar-refractivity contribution in [3.63, 3.8) is 0 Å². The zero-order valence-corrected chi connectivity index (χ0v) is 10.6. The molecule has 0 spiro atoms. The van der Waals surface area contributed by atoms with Crippen LogP contribution in [-0.2, 0) is 23.7 Å². The quantitative estimate of drug-likeness (QED) is 0.465. The Labute approximate surface area is 126 Å². The Hall–Kier alpha value is -1.53. The standard InChI is InChI=1S/C7H2F12O6/c8-1(2(20)21)22-3(9,10)4(11,12)23-6(16,17)25-7(18,19)24-5(13,14)15/h1H,(H,20,21). The van der Waals surface area contributed by atoms with Gasteiger partial charge in [-0.3, -0.25) is 4.74 Å². The lowest BCUT2D eigenvalue weighted by Crippen LogP contribution is -2.52. The molecule has 0 aliphatic carbocycles. The SMILES string of the molecule is O=C(O)C(F)OC(F)(F)C(F)(F)OC(F)(F)OC(F)(F)OC(F)(F)F. The summed E-state index contributed by atoms with van der Waals surface area (Å²) >= 11 is 0. The Kier molecular flexibility index (Phi) is 6.57. The van der Waals surface area contributed by atoms with Crippen LogP contribution in [0.4, 0.5) is 52.7 Å². The van der Waals surface area contributed by atoms with Crippen molar-refractivity contribution in [3.8, 4) is 0 Å². The molecule has 18 heteroatoms. The minimum absolute atomic E-state index is 1.64. The van der Waals surface area contributed by atoms with Gasteiger partial charge in [0.25, 0.3) is 0 Å². The van der Waals surface area contributed by atoms with Gasteiger partial charge in [-0.1, -0.05) is 0 Å². The van der Waals surface area contributed by atoms with Gasteiger partial charge in [-0.15, -0.1) is 30.7 Å². The minimum atomic E-state index is -6.76. The number of ether oxygens (including phenoxy) is 4. The van der Waals surface area contributed by atoms with Gasteiger partial charge in [0.1, 0.15) is 0 Å². The van der Waals surface area contributed by atoms with E-state index in [2.05, 4.69) is 4.74 Å². The summed E-state index contributed by atoms with van der Waals surface area (Å²) in [6, 6.07) is 0. The number of rotatable bonds is 9. The molecule has 0 aliphatic rings. The predicted molar refractivity (Wildman–Crippen MR) is 42.7 cm³/mol. The van der Waals surface area contributed by atoms with Gasteiger partial charge in [-0.05, 0) is 0 Å². The number of aliphatic carboxylic acids is 1. The zero-order chi connectivity index (χ0) is 20.5. The Bertz CT molecular complexity index is 475. The fraction of sp³-hybridized carbons (Fsp3) is 0.857. The summed E-state index contributed by atoms with van der Waals surface area (Å²) in [6.07, 6.45) is -36.8. The minimum Gasteiger partial charge on any atom is -0.477 e. The topological polar surface area (TPSA) is 74.2 Å². The summed E-state index contributed by atoms with van der Waals surface area (Å²) in [6.45, 7) is 0. The third kappa shape index (κ3) is 7.92. The van der Waals surface area contributed by atoms with Crippen LogP contribution in [0, 0.1) is 0 Å². The maximum Gasteiger partial charge on any atom is 0.529 e. The molecule has 0 bridgehead atoms. The van der Waals surface area contributed by atoms with Crippen LogP contribution < -0.4 is 0 Å². The van der Waals surface area contributed by atoms with E-state index < -0.39 is 43.5 Å². The summed E-state index contributed by atoms with van der Waals surface area (Å²) in [5, 5.41) is 7.79. The van der Waals surface area contributed by atoms with Crippen LogP contribution in [0.5, 0.6) is 0 Å². The first-order valence-electron chi connectivity index (χ1n) is 4.93. The number of hydrogen-bond donors (Lipinski definition) is 1. The second-order valence-electron chi connectivity index (χ2n) is 3.48. The number of hydrogen-bond acceptors (Lipinski definition) is 5. The van der Waals surface area contributed by atoms with Gasteiger partial charge >= 0.3 is 43.5 Å². The van der Waals surface area contributed by atoms with Crippen LogP contribution in [-0.4, -0.2) is 48.6 Å². The molecule has 0 aliphatic heterocycles. The Morgan fingerprint density at radius 1 is 0.720 bits per heavy atom. The molecule has 1 atom stereocenters. The molecule has 0 amide bonds. The number of halogens is 12. The van der Waals surface area contributed by atoms with Gasteiger partial charge in [0, 0.05) is 0 Å². The molecule has 0 heterocycles. The maximum atomic E-state index is 12.7. The highest BCUT2D eigenvalue weighted by Gasteiger charge is 2.68. The summed E-state index contributed by atoms with van der Waals surface area (Å²) in [5.41, 5.74) is 0. The molecule has 0 saturated heterocycles. The lowest BCUT2D eigenvalue weighted by Gasteiger charge is -2.29. The van der Waals surface area contributed by atoms with Crippen molar-refractivity contribution >= 4 is 5.97 Å². The van der Waals surface area contributed by atoms with E-state index in [9.17, 15) is 57.5 Å². The molecular formula is C7H2F12O6. The summed E-state index contributed by atoms with van der Waals surface area (Å²) in [4.78, 5) is 9.80. The lowest BCUT2D eigenvalue weighted by atomic mass is 10.5. The van der Waals surface area contributed by atoms with E-state index >= 15 is 0 Å². The van der Waals surface area contributed by atoms with Gasteiger partial charge in [0.15, 0.2) is 0 Å². The highest BCUT2D eigenvalue weighted by molar-refractivity contribution is 5.70. The molecule has 25 heavy (non-hydrogen) atoms. The molecule has 0 fully saturated rings. The van der Waals surface area contributed by atoms with Gasteiger partial charge in [-0.2, -0.15) is 22.3 Å². The van der Waals surface area contributed by atoms with E-state index in [4.69, 9.17) is 5.11 Å². The maximum absolute atomic E-state index is 12.7. The van der Waals surface area contributed by atoms with E-state index in [1.807, 2.05) is 0 Å². The van der Waals surface area contributed by atoms with E-state index in [1.54, 1.807) is 14.2 Å². The fourth-order valence-corrected chi connectivity index (χ4v) is 0.772.